The van der Waals surface area contributed by atoms with Crippen LogP contribution in [0.5, 0.6) is 0 Å². The summed E-state index contributed by atoms with van der Waals surface area (Å²) in [5.74, 6) is -0.395. The molecule has 0 unspecified atom stereocenters. The predicted molar refractivity (Wildman–Crippen MR) is 70.0 cm³/mol. The molecule has 0 rings (SSSR count). The molecule has 0 aromatic carbocycles. The van der Waals surface area contributed by atoms with E-state index in [-0.39, 0.29) is 36.6 Å². The Hall–Kier alpha value is -1.65. The second kappa shape index (κ2) is 9.39. The third-order valence-corrected chi connectivity index (χ3v) is 2.08. The molecule has 2 amide bonds. The highest BCUT2D eigenvalue weighted by Gasteiger charge is 2.06. The minimum atomic E-state index is -0.206. The first-order chi connectivity index (χ1) is 8.45. The van der Waals surface area contributed by atoms with Crippen molar-refractivity contribution in [3.8, 4) is 0 Å². The van der Waals surface area contributed by atoms with E-state index in [4.69, 9.17) is 0 Å². The van der Waals surface area contributed by atoms with Gasteiger partial charge in [-0.25, -0.2) is 0 Å². The summed E-state index contributed by atoms with van der Waals surface area (Å²) in [7, 11) is 0. The normalized spacial score (nSPS) is 10.7. The molecule has 0 aliphatic rings. The van der Waals surface area contributed by atoms with Gasteiger partial charge in [-0.3, -0.25) is 14.4 Å². The Balaban J connectivity index is 3.66. The van der Waals surface area contributed by atoms with E-state index in [9.17, 15) is 14.4 Å². The quantitative estimate of drug-likeness (QED) is 0.633. The molecule has 102 valence electrons. The summed E-state index contributed by atoms with van der Waals surface area (Å²) >= 11 is 0. The zero-order chi connectivity index (χ0) is 14.0. The van der Waals surface area contributed by atoms with E-state index in [1.807, 2.05) is 13.8 Å². The molecule has 0 aromatic rings. The topological polar surface area (TPSA) is 75.3 Å². The number of carbonyl (C=O) groups is 3. The average Bonchev–Trinajstić information content (AvgIpc) is 2.26. The third kappa shape index (κ3) is 9.57. The van der Waals surface area contributed by atoms with Gasteiger partial charge in [-0.15, -0.1) is 0 Å². The number of hydrogen-bond acceptors (Lipinski definition) is 3. The van der Waals surface area contributed by atoms with Crippen molar-refractivity contribution in [2.45, 2.75) is 46.1 Å². The number of amides is 2. The average molecular weight is 254 g/mol. The molecule has 0 aliphatic carbocycles. The zero-order valence-electron chi connectivity index (χ0n) is 11.3. The Kier molecular flexibility index (Phi) is 8.53. The highest BCUT2D eigenvalue weighted by molar-refractivity contribution is 5.90. The SMILES string of the molecule is C/C=C/C(=O)CCCC(=O)NCC(=O)NC(C)C. The predicted octanol–water partition coefficient (Wildman–Crippen LogP) is 0.943. The Morgan fingerprint density at radius 2 is 1.78 bits per heavy atom. The summed E-state index contributed by atoms with van der Waals surface area (Å²) in [5, 5.41) is 5.19. The fourth-order valence-electron chi connectivity index (χ4n) is 1.33. The number of ketones is 1. The van der Waals surface area contributed by atoms with Crippen LogP contribution in [0.2, 0.25) is 0 Å². The van der Waals surface area contributed by atoms with Crippen molar-refractivity contribution in [2.75, 3.05) is 6.54 Å². The number of allylic oxidation sites excluding steroid dienone is 2. The van der Waals surface area contributed by atoms with Gasteiger partial charge in [0.25, 0.3) is 0 Å². The number of carbonyl (C=O) groups excluding carboxylic acids is 3. The summed E-state index contributed by atoms with van der Waals surface area (Å²) in [6.07, 6.45) is 4.29. The molecule has 0 spiro atoms. The van der Waals surface area contributed by atoms with Crippen molar-refractivity contribution in [3.63, 3.8) is 0 Å². The van der Waals surface area contributed by atoms with Gasteiger partial charge in [0, 0.05) is 18.9 Å². The fourth-order valence-corrected chi connectivity index (χ4v) is 1.33. The van der Waals surface area contributed by atoms with E-state index in [0.29, 0.717) is 12.8 Å². The van der Waals surface area contributed by atoms with Crippen molar-refractivity contribution in [3.05, 3.63) is 12.2 Å². The van der Waals surface area contributed by atoms with Crippen LogP contribution in [-0.4, -0.2) is 30.2 Å². The van der Waals surface area contributed by atoms with Crippen molar-refractivity contribution in [1.29, 1.82) is 0 Å². The van der Waals surface area contributed by atoms with E-state index in [1.165, 1.54) is 6.08 Å². The second-order valence-electron chi connectivity index (χ2n) is 4.32. The van der Waals surface area contributed by atoms with Gasteiger partial charge in [0.05, 0.1) is 6.54 Å². The van der Waals surface area contributed by atoms with Gasteiger partial charge >= 0.3 is 0 Å². The summed E-state index contributed by atoms with van der Waals surface area (Å²) in [5.41, 5.74) is 0. The monoisotopic (exact) mass is 254 g/mol. The lowest BCUT2D eigenvalue weighted by molar-refractivity contribution is -0.126. The summed E-state index contributed by atoms with van der Waals surface area (Å²) in [6, 6.07) is 0.0628. The number of hydrogen-bond donors (Lipinski definition) is 2. The molecule has 2 N–H and O–H groups in total. The van der Waals surface area contributed by atoms with Crippen LogP contribution in [0.15, 0.2) is 12.2 Å². The van der Waals surface area contributed by atoms with Crippen LogP contribution in [0, 0.1) is 0 Å². The number of nitrogens with one attached hydrogen (secondary N) is 2. The molecule has 0 saturated carbocycles. The van der Waals surface area contributed by atoms with Crippen LogP contribution in [0.25, 0.3) is 0 Å². The molecule has 0 aromatic heterocycles. The molecule has 0 radical (unpaired) electrons. The molecule has 0 aliphatic heterocycles. The van der Waals surface area contributed by atoms with Gasteiger partial charge in [0.1, 0.15) is 0 Å². The molecule has 0 saturated heterocycles. The van der Waals surface area contributed by atoms with Crippen molar-refractivity contribution in [2.24, 2.45) is 0 Å². The van der Waals surface area contributed by atoms with Crippen LogP contribution in [0.1, 0.15) is 40.0 Å². The molecule has 5 heteroatoms. The highest BCUT2D eigenvalue weighted by Crippen LogP contribution is 1.97. The Morgan fingerprint density at radius 1 is 1.11 bits per heavy atom. The lowest BCUT2D eigenvalue weighted by atomic mass is 10.1. The van der Waals surface area contributed by atoms with E-state index in [2.05, 4.69) is 10.6 Å². The van der Waals surface area contributed by atoms with Crippen LogP contribution < -0.4 is 10.6 Å². The minimum absolute atomic E-state index is 0.0141. The van der Waals surface area contributed by atoms with Crippen molar-refractivity contribution < 1.29 is 14.4 Å². The zero-order valence-corrected chi connectivity index (χ0v) is 11.3. The molecule has 5 nitrogen and oxygen atoms in total. The Bertz CT molecular complexity index is 322. The maximum atomic E-state index is 11.4. The Labute approximate surface area is 108 Å². The van der Waals surface area contributed by atoms with Crippen LogP contribution in [-0.2, 0) is 14.4 Å². The number of rotatable bonds is 8. The van der Waals surface area contributed by atoms with Gasteiger partial charge in [0.15, 0.2) is 5.78 Å². The first-order valence-electron chi connectivity index (χ1n) is 6.17. The standard InChI is InChI=1S/C13H22N2O3/c1-4-6-11(16)7-5-8-12(17)14-9-13(18)15-10(2)3/h4,6,10H,5,7-9H2,1-3H3,(H,14,17)(H,15,18)/b6-4+. The minimum Gasteiger partial charge on any atom is -0.352 e. The summed E-state index contributed by atoms with van der Waals surface area (Å²) < 4.78 is 0. The van der Waals surface area contributed by atoms with Crippen LogP contribution >= 0.6 is 0 Å². The van der Waals surface area contributed by atoms with Crippen LogP contribution in [0.3, 0.4) is 0 Å². The van der Waals surface area contributed by atoms with E-state index >= 15 is 0 Å². The van der Waals surface area contributed by atoms with E-state index in [1.54, 1.807) is 13.0 Å². The molecule has 0 fully saturated rings. The smallest absolute Gasteiger partial charge is 0.239 e. The van der Waals surface area contributed by atoms with Gasteiger partial charge in [0.2, 0.25) is 11.8 Å². The van der Waals surface area contributed by atoms with Gasteiger partial charge in [-0.1, -0.05) is 6.08 Å². The highest BCUT2D eigenvalue weighted by atomic mass is 16.2. The molecule has 0 atom stereocenters. The first kappa shape index (κ1) is 16.4. The molecule has 18 heavy (non-hydrogen) atoms. The largest absolute Gasteiger partial charge is 0.352 e. The van der Waals surface area contributed by atoms with E-state index < -0.39 is 0 Å². The summed E-state index contributed by atoms with van der Waals surface area (Å²) in [6.45, 7) is 5.47. The first-order valence-corrected chi connectivity index (χ1v) is 6.17. The third-order valence-electron chi connectivity index (χ3n) is 2.08. The molecular weight excluding hydrogens is 232 g/mol. The fraction of sp³-hybridized carbons (Fsp3) is 0.615. The molecule has 0 bridgehead atoms. The van der Waals surface area contributed by atoms with Crippen LogP contribution in [0.4, 0.5) is 0 Å². The lowest BCUT2D eigenvalue weighted by Crippen LogP contribution is -2.39. The maximum Gasteiger partial charge on any atom is 0.239 e. The van der Waals surface area contributed by atoms with E-state index in [0.717, 1.165) is 0 Å². The van der Waals surface area contributed by atoms with Crippen molar-refractivity contribution >= 4 is 17.6 Å². The van der Waals surface area contributed by atoms with Crippen molar-refractivity contribution in [1.82, 2.24) is 10.6 Å². The Morgan fingerprint density at radius 3 is 2.33 bits per heavy atom. The molecular formula is C13H22N2O3. The summed E-state index contributed by atoms with van der Waals surface area (Å²) in [4.78, 5) is 33.7. The second-order valence-corrected chi connectivity index (χ2v) is 4.32. The van der Waals surface area contributed by atoms with Gasteiger partial charge in [-0.05, 0) is 33.3 Å². The van der Waals surface area contributed by atoms with Gasteiger partial charge in [-0.2, -0.15) is 0 Å². The van der Waals surface area contributed by atoms with Gasteiger partial charge < -0.3 is 10.6 Å². The molecule has 0 heterocycles. The lowest BCUT2D eigenvalue weighted by Gasteiger charge is -2.09. The maximum absolute atomic E-state index is 11.4.